The Morgan fingerprint density at radius 2 is 2.45 bits per heavy atom. The van der Waals surface area contributed by atoms with Gasteiger partial charge in [-0.05, 0) is 11.4 Å². The highest BCUT2D eigenvalue weighted by Gasteiger charge is 2.13. The molecule has 62 valence electrons. The number of aliphatic hydroxyl groups is 1. The first kappa shape index (κ1) is 8.71. The number of rotatable bonds is 3. The van der Waals surface area contributed by atoms with E-state index in [1.165, 1.54) is 4.88 Å². The number of thiophene rings is 1. The Morgan fingerprint density at radius 1 is 1.73 bits per heavy atom. The fraction of sp³-hybridized carbons (Fsp3) is 0.500. The van der Waals surface area contributed by atoms with Gasteiger partial charge in [-0.1, -0.05) is 13.0 Å². The molecule has 0 radical (unpaired) electrons. The lowest BCUT2D eigenvalue weighted by Crippen LogP contribution is -2.29. The minimum atomic E-state index is -0.131. The quantitative estimate of drug-likeness (QED) is 0.717. The van der Waals surface area contributed by atoms with Crippen molar-refractivity contribution in [2.75, 3.05) is 6.61 Å². The molecule has 2 unspecified atom stereocenters. The Bertz CT molecular complexity index is 198. The van der Waals surface area contributed by atoms with Crippen LogP contribution in [0.1, 0.15) is 17.7 Å². The minimum Gasteiger partial charge on any atom is -0.395 e. The van der Waals surface area contributed by atoms with Crippen molar-refractivity contribution in [1.29, 1.82) is 0 Å². The van der Waals surface area contributed by atoms with Crippen LogP contribution in [0.15, 0.2) is 17.5 Å². The first-order valence-electron chi connectivity index (χ1n) is 3.65. The molecule has 1 heterocycles. The molecular formula is C8H13NOS. The second kappa shape index (κ2) is 3.85. The zero-order valence-electron chi connectivity index (χ0n) is 6.53. The molecule has 3 heteroatoms. The molecule has 1 aromatic heterocycles. The van der Waals surface area contributed by atoms with E-state index in [-0.39, 0.29) is 18.6 Å². The predicted octanol–water partition coefficient (Wildman–Crippen LogP) is 1.17. The van der Waals surface area contributed by atoms with Gasteiger partial charge in [0.05, 0.1) is 6.61 Å². The SMILES string of the molecule is CC(c1cccs1)C(N)CO. The molecule has 0 saturated carbocycles. The third-order valence-corrected chi connectivity index (χ3v) is 2.92. The third kappa shape index (κ3) is 2.02. The van der Waals surface area contributed by atoms with E-state index in [9.17, 15) is 0 Å². The first-order valence-corrected chi connectivity index (χ1v) is 4.53. The van der Waals surface area contributed by atoms with Crippen LogP contribution in [-0.4, -0.2) is 17.8 Å². The summed E-state index contributed by atoms with van der Waals surface area (Å²) >= 11 is 1.68. The normalized spacial score (nSPS) is 16.3. The van der Waals surface area contributed by atoms with Crippen molar-refractivity contribution in [2.24, 2.45) is 5.73 Å². The van der Waals surface area contributed by atoms with Crippen molar-refractivity contribution in [3.05, 3.63) is 22.4 Å². The average molecular weight is 171 g/mol. The van der Waals surface area contributed by atoms with E-state index >= 15 is 0 Å². The topological polar surface area (TPSA) is 46.2 Å². The van der Waals surface area contributed by atoms with Gasteiger partial charge in [0.15, 0.2) is 0 Å². The largest absolute Gasteiger partial charge is 0.395 e. The monoisotopic (exact) mass is 171 g/mol. The summed E-state index contributed by atoms with van der Waals surface area (Å²) in [6.07, 6.45) is 0. The first-order chi connectivity index (χ1) is 5.25. The molecule has 0 fully saturated rings. The molecular weight excluding hydrogens is 158 g/mol. The van der Waals surface area contributed by atoms with E-state index in [2.05, 4.69) is 0 Å². The molecule has 2 atom stereocenters. The molecule has 0 aliphatic rings. The highest BCUT2D eigenvalue weighted by atomic mass is 32.1. The summed E-state index contributed by atoms with van der Waals surface area (Å²) in [4.78, 5) is 1.24. The van der Waals surface area contributed by atoms with Crippen LogP contribution in [0.25, 0.3) is 0 Å². The molecule has 0 aromatic carbocycles. The lowest BCUT2D eigenvalue weighted by atomic mass is 10.0. The van der Waals surface area contributed by atoms with Gasteiger partial charge in [-0.2, -0.15) is 0 Å². The van der Waals surface area contributed by atoms with Gasteiger partial charge in [-0.25, -0.2) is 0 Å². The van der Waals surface area contributed by atoms with E-state index in [4.69, 9.17) is 10.8 Å². The van der Waals surface area contributed by atoms with E-state index in [0.29, 0.717) is 0 Å². The zero-order valence-corrected chi connectivity index (χ0v) is 7.34. The molecule has 1 aromatic rings. The second-order valence-electron chi connectivity index (χ2n) is 2.65. The summed E-state index contributed by atoms with van der Waals surface area (Å²) in [5, 5.41) is 10.8. The molecule has 0 aliphatic heterocycles. The lowest BCUT2D eigenvalue weighted by molar-refractivity contribution is 0.253. The third-order valence-electron chi connectivity index (χ3n) is 1.85. The van der Waals surface area contributed by atoms with Crippen LogP contribution in [0.4, 0.5) is 0 Å². The lowest BCUT2D eigenvalue weighted by Gasteiger charge is -2.15. The zero-order chi connectivity index (χ0) is 8.27. The fourth-order valence-corrected chi connectivity index (χ4v) is 1.78. The molecule has 0 amide bonds. The molecule has 1 rings (SSSR count). The smallest absolute Gasteiger partial charge is 0.0588 e. The summed E-state index contributed by atoms with van der Waals surface area (Å²) in [5.74, 6) is 0.264. The molecule has 0 spiro atoms. The summed E-state index contributed by atoms with van der Waals surface area (Å²) in [5.41, 5.74) is 5.66. The maximum atomic E-state index is 8.78. The highest BCUT2D eigenvalue weighted by Crippen LogP contribution is 2.22. The summed E-state index contributed by atoms with van der Waals surface area (Å²) < 4.78 is 0. The van der Waals surface area contributed by atoms with Crippen LogP contribution in [0.5, 0.6) is 0 Å². The van der Waals surface area contributed by atoms with Crippen LogP contribution in [0, 0.1) is 0 Å². The van der Waals surface area contributed by atoms with Crippen LogP contribution < -0.4 is 5.73 Å². The Labute approximate surface area is 70.7 Å². The number of nitrogens with two attached hydrogens (primary N) is 1. The number of hydrogen-bond donors (Lipinski definition) is 2. The Balaban J connectivity index is 2.62. The standard InChI is InChI=1S/C8H13NOS/c1-6(7(9)5-10)8-3-2-4-11-8/h2-4,6-7,10H,5,9H2,1H3. The number of hydrogen-bond acceptors (Lipinski definition) is 3. The Morgan fingerprint density at radius 3 is 2.91 bits per heavy atom. The van der Waals surface area contributed by atoms with Crippen LogP contribution in [0.3, 0.4) is 0 Å². The van der Waals surface area contributed by atoms with E-state index < -0.39 is 0 Å². The van der Waals surface area contributed by atoms with E-state index in [1.807, 2.05) is 24.4 Å². The van der Waals surface area contributed by atoms with E-state index in [1.54, 1.807) is 11.3 Å². The van der Waals surface area contributed by atoms with Gasteiger partial charge in [0.25, 0.3) is 0 Å². The predicted molar refractivity (Wildman–Crippen MR) is 47.8 cm³/mol. The fourth-order valence-electron chi connectivity index (χ4n) is 0.919. The molecule has 3 N–H and O–H groups in total. The average Bonchev–Trinajstić information content (AvgIpc) is 2.53. The summed E-state index contributed by atoms with van der Waals surface area (Å²) in [7, 11) is 0. The van der Waals surface area contributed by atoms with Gasteiger partial charge in [0.2, 0.25) is 0 Å². The van der Waals surface area contributed by atoms with Gasteiger partial charge in [-0.15, -0.1) is 11.3 Å². The summed E-state index contributed by atoms with van der Waals surface area (Å²) in [6, 6.07) is 3.92. The highest BCUT2D eigenvalue weighted by molar-refractivity contribution is 7.10. The van der Waals surface area contributed by atoms with Gasteiger partial charge < -0.3 is 10.8 Å². The maximum Gasteiger partial charge on any atom is 0.0588 e. The molecule has 0 aliphatic carbocycles. The Hall–Kier alpha value is -0.380. The minimum absolute atomic E-state index is 0.0546. The second-order valence-corrected chi connectivity index (χ2v) is 3.63. The molecule has 2 nitrogen and oxygen atoms in total. The van der Waals surface area contributed by atoms with Gasteiger partial charge in [0, 0.05) is 16.8 Å². The van der Waals surface area contributed by atoms with Gasteiger partial charge in [-0.3, -0.25) is 0 Å². The van der Waals surface area contributed by atoms with Crippen LogP contribution in [0.2, 0.25) is 0 Å². The van der Waals surface area contributed by atoms with Crippen molar-refractivity contribution < 1.29 is 5.11 Å². The number of aliphatic hydroxyl groups excluding tert-OH is 1. The summed E-state index contributed by atoms with van der Waals surface area (Å²) in [6.45, 7) is 2.09. The maximum absolute atomic E-state index is 8.78. The van der Waals surface area contributed by atoms with Crippen molar-refractivity contribution in [1.82, 2.24) is 0 Å². The molecule has 0 bridgehead atoms. The van der Waals surface area contributed by atoms with Gasteiger partial charge >= 0.3 is 0 Å². The molecule has 11 heavy (non-hydrogen) atoms. The van der Waals surface area contributed by atoms with Crippen molar-refractivity contribution in [3.8, 4) is 0 Å². The van der Waals surface area contributed by atoms with Crippen LogP contribution >= 0.6 is 11.3 Å². The van der Waals surface area contributed by atoms with Gasteiger partial charge in [0.1, 0.15) is 0 Å². The van der Waals surface area contributed by atoms with Crippen molar-refractivity contribution in [2.45, 2.75) is 18.9 Å². The Kier molecular flexibility index (Phi) is 3.05. The van der Waals surface area contributed by atoms with E-state index in [0.717, 1.165) is 0 Å². The molecule has 0 saturated heterocycles. The van der Waals surface area contributed by atoms with Crippen molar-refractivity contribution >= 4 is 11.3 Å². The van der Waals surface area contributed by atoms with Crippen LogP contribution in [-0.2, 0) is 0 Å². The van der Waals surface area contributed by atoms with Crippen molar-refractivity contribution in [3.63, 3.8) is 0 Å².